The number of nitrogen functional groups attached to an aromatic ring is 1. The molecule has 0 bridgehead atoms. The van der Waals surface area contributed by atoms with E-state index in [1.54, 1.807) is 4.90 Å². The molecule has 184 valence electrons. The van der Waals surface area contributed by atoms with Gasteiger partial charge in [-0.3, -0.25) is 4.79 Å². The van der Waals surface area contributed by atoms with Gasteiger partial charge in [-0.2, -0.15) is 0 Å². The number of pyridine rings is 1. The van der Waals surface area contributed by atoms with Crippen LogP contribution in [0.2, 0.25) is 0 Å². The molecule has 3 heterocycles. The van der Waals surface area contributed by atoms with E-state index in [9.17, 15) is 14.7 Å². The molecule has 2 saturated heterocycles. The summed E-state index contributed by atoms with van der Waals surface area (Å²) in [5.74, 6) is -3.32. The number of nitrogens with zero attached hydrogens (tertiary/aromatic N) is 4. The Kier molecular flexibility index (Phi) is 5.73. The van der Waals surface area contributed by atoms with Crippen molar-refractivity contribution in [1.29, 1.82) is 0 Å². The van der Waals surface area contributed by atoms with Crippen LogP contribution in [0.3, 0.4) is 0 Å². The SMILES string of the molecule is CC1CN(c2c(F)c(N)c3c(=O)c(C(=O)O)cn(C4CC4)c3c2F)CC(C)N1N1CCNCC1. The van der Waals surface area contributed by atoms with E-state index in [2.05, 4.69) is 15.3 Å². The number of fused-ring (bicyclic) bond motifs is 1. The minimum atomic E-state index is -1.45. The number of aromatic nitrogens is 1. The molecule has 2 atom stereocenters. The summed E-state index contributed by atoms with van der Waals surface area (Å²) in [7, 11) is 0. The Morgan fingerprint density at radius 1 is 1.12 bits per heavy atom. The lowest BCUT2D eigenvalue weighted by Gasteiger charge is -2.51. The van der Waals surface area contributed by atoms with Crippen molar-refractivity contribution in [2.45, 2.75) is 44.8 Å². The van der Waals surface area contributed by atoms with Crippen LogP contribution in [0.15, 0.2) is 11.0 Å². The van der Waals surface area contributed by atoms with Gasteiger partial charge < -0.3 is 25.6 Å². The fraction of sp³-hybridized carbons (Fsp3) is 0.565. The summed E-state index contributed by atoms with van der Waals surface area (Å²) in [6.45, 7) is 8.36. The number of carboxylic acids is 1. The minimum Gasteiger partial charge on any atom is -0.477 e. The predicted octanol–water partition coefficient (Wildman–Crippen LogP) is 1.61. The average Bonchev–Trinajstić information content (AvgIpc) is 3.63. The Morgan fingerprint density at radius 3 is 2.29 bits per heavy atom. The second-order valence-corrected chi connectivity index (χ2v) is 9.62. The number of halogens is 2. The lowest BCUT2D eigenvalue weighted by atomic mass is 10.0. The average molecular weight is 477 g/mol. The molecule has 2 aliphatic heterocycles. The number of benzene rings is 1. The van der Waals surface area contributed by atoms with Gasteiger partial charge in [-0.15, -0.1) is 0 Å². The Hall–Kier alpha value is -2.76. The third kappa shape index (κ3) is 3.62. The van der Waals surface area contributed by atoms with Gasteiger partial charge in [0.2, 0.25) is 5.43 Å². The van der Waals surface area contributed by atoms with Crippen molar-refractivity contribution in [2.24, 2.45) is 0 Å². The highest BCUT2D eigenvalue weighted by Gasteiger charge is 2.38. The van der Waals surface area contributed by atoms with Crippen LogP contribution in [0.1, 0.15) is 43.1 Å². The molecule has 1 saturated carbocycles. The van der Waals surface area contributed by atoms with E-state index in [0.717, 1.165) is 39.0 Å². The Bertz CT molecular complexity index is 1200. The first-order chi connectivity index (χ1) is 16.2. The van der Waals surface area contributed by atoms with Gasteiger partial charge in [0.05, 0.1) is 16.6 Å². The van der Waals surface area contributed by atoms with Crippen molar-refractivity contribution in [1.82, 2.24) is 19.9 Å². The first-order valence-electron chi connectivity index (χ1n) is 11.8. The van der Waals surface area contributed by atoms with Crippen molar-refractivity contribution in [2.75, 3.05) is 49.9 Å². The van der Waals surface area contributed by atoms with E-state index in [4.69, 9.17) is 5.73 Å². The van der Waals surface area contributed by atoms with E-state index < -0.39 is 39.7 Å². The Balaban J connectivity index is 1.61. The molecule has 9 nitrogen and oxygen atoms in total. The van der Waals surface area contributed by atoms with Crippen LogP contribution in [0.5, 0.6) is 0 Å². The van der Waals surface area contributed by atoms with Gasteiger partial charge in [0.25, 0.3) is 0 Å². The van der Waals surface area contributed by atoms with Crippen LogP contribution < -0.4 is 21.4 Å². The summed E-state index contributed by atoms with van der Waals surface area (Å²) in [5.41, 5.74) is 3.70. The fourth-order valence-electron chi connectivity index (χ4n) is 5.56. The molecular weight excluding hydrogens is 446 g/mol. The van der Waals surface area contributed by atoms with E-state index in [0.29, 0.717) is 13.1 Å². The molecule has 0 amide bonds. The van der Waals surface area contributed by atoms with E-state index in [-0.39, 0.29) is 29.3 Å². The standard InChI is InChI=1S/C23H30F2N6O3/c1-12-9-28(10-13(2)31(12)29-7-5-27-6-8-29)21-17(24)19(26)16-20(18(21)25)30(14-3-4-14)11-15(22(16)32)23(33)34/h11-14,27H,3-10,26H2,1-2H3,(H,33,34). The maximum atomic E-state index is 16.1. The second kappa shape index (κ2) is 8.47. The Labute approximate surface area is 195 Å². The van der Waals surface area contributed by atoms with Crippen molar-refractivity contribution < 1.29 is 18.7 Å². The van der Waals surface area contributed by atoms with Crippen LogP contribution >= 0.6 is 0 Å². The lowest BCUT2D eigenvalue weighted by Crippen LogP contribution is -2.65. The number of carboxylic acid groups (broad SMARTS) is 1. The summed E-state index contributed by atoms with van der Waals surface area (Å²) in [4.78, 5) is 26.2. The van der Waals surface area contributed by atoms with Crippen LogP contribution in [-0.4, -0.2) is 77.0 Å². The van der Waals surface area contributed by atoms with Crippen molar-refractivity contribution in [3.8, 4) is 0 Å². The first-order valence-corrected chi connectivity index (χ1v) is 11.8. The van der Waals surface area contributed by atoms with Crippen LogP contribution in [-0.2, 0) is 0 Å². The number of carbonyl (C=O) groups is 1. The molecule has 3 aliphatic rings. The quantitative estimate of drug-likeness (QED) is 0.572. The molecule has 11 heteroatoms. The highest BCUT2D eigenvalue weighted by atomic mass is 19.1. The molecule has 1 aromatic carbocycles. The first kappa shape index (κ1) is 23.0. The van der Waals surface area contributed by atoms with Crippen molar-refractivity contribution in [3.63, 3.8) is 0 Å². The van der Waals surface area contributed by atoms with E-state index >= 15 is 8.78 Å². The van der Waals surface area contributed by atoms with E-state index in [1.165, 1.54) is 10.8 Å². The second-order valence-electron chi connectivity index (χ2n) is 9.62. The Morgan fingerprint density at radius 2 is 1.74 bits per heavy atom. The van der Waals surface area contributed by atoms with Crippen molar-refractivity contribution in [3.05, 3.63) is 33.6 Å². The number of aromatic carboxylic acids is 1. The number of nitrogens with one attached hydrogen (secondary N) is 1. The van der Waals surface area contributed by atoms with Crippen molar-refractivity contribution >= 4 is 28.2 Å². The molecule has 3 fully saturated rings. The molecule has 0 spiro atoms. The third-order valence-corrected chi connectivity index (χ3v) is 7.14. The zero-order chi connectivity index (χ0) is 24.3. The highest BCUT2D eigenvalue weighted by Crippen LogP contribution is 2.42. The van der Waals surface area contributed by atoms with Gasteiger partial charge >= 0.3 is 5.97 Å². The number of hydrogen-bond donors (Lipinski definition) is 3. The van der Waals surface area contributed by atoms with Crippen LogP contribution in [0.25, 0.3) is 10.9 Å². The largest absolute Gasteiger partial charge is 0.477 e. The van der Waals surface area contributed by atoms with Gasteiger partial charge in [-0.05, 0) is 26.7 Å². The topological polar surface area (TPSA) is 107 Å². The monoisotopic (exact) mass is 476 g/mol. The number of hydrazine groups is 1. The molecule has 1 aliphatic carbocycles. The highest BCUT2D eigenvalue weighted by molar-refractivity contribution is 5.99. The maximum Gasteiger partial charge on any atom is 0.341 e. The number of piperazine rings is 2. The molecule has 4 N–H and O–H groups in total. The van der Waals surface area contributed by atoms with Gasteiger partial charge in [0.1, 0.15) is 11.3 Å². The zero-order valence-corrected chi connectivity index (χ0v) is 19.4. The summed E-state index contributed by atoms with van der Waals surface area (Å²) in [5, 5.41) is 17.0. The maximum absolute atomic E-state index is 16.1. The molecule has 1 aromatic heterocycles. The molecule has 0 radical (unpaired) electrons. The zero-order valence-electron chi connectivity index (χ0n) is 19.4. The molecular formula is C23H30F2N6O3. The number of anilines is 2. The minimum absolute atomic E-state index is 0.00224. The smallest absolute Gasteiger partial charge is 0.341 e. The number of nitrogens with two attached hydrogens (primary N) is 1. The number of rotatable bonds is 4. The third-order valence-electron chi connectivity index (χ3n) is 7.14. The molecule has 2 aromatic rings. The normalized spacial score (nSPS) is 24.6. The van der Waals surface area contributed by atoms with Gasteiger partial charge in [-0.1, -0.05) is 0 Å². The summed E-state index contributed by atoms with van der Waals surface area (Å²) in [6, 6.07) is -0.147. The van der Waals surface area contributed by atoms with Crippen LogP contribution in [0.4, 0.5) is 20.2 Å². The fourth-order valence-corrected chi connectivity index (χ4v) is 5.56. The van der Waals surface area contributed by atoms with Gasteiger partial charge in [-0.25, -0.2) is 23.6 Å². The lowest BCUT2D eigenvalue weighted by molar-refractivity contribution is -0.0976. The van der Waals surface area contributed by atoms with Crippen LogP contribution in [0, 0.1) is 11.6 Å². The van der Waals surface area contributed by atoms with Gasteiger partial charge in [0.15, 0.2) is 11.6 Å². The summed E-state index contributed by atoms with van der Waals surface area (Å²) < 4.78 is 33.2. The van der Waals surface area contributed by atoms with E-state index in [1.807, 2.05) is 13.8 Å². The summed E-state index contributed by atoms with van der Waals surface area (Å²) in [6.07, 6.45) is 2.61. The number of hydrogen-bond acceptors (Lipinski definition) is 7. The predicted molar refractivity (Wildman–Crippen MR) is 125 cm³/mol. The molecule has 5 rings (SSSR count). The van der Waals surface area contributed by atoms with Gasteiger partial charge in [0, 0.05) is 63.6 Å². The summed E-state index contributed by atoms with van der Waals surface area (Å²) >= 11 is 0. The molecule has 2 unspecified atom stereocenters. The molecule has 34 heavy (non-hydrogen) atoms.